The first kappa shape index (κ1) is 12.5. The zero-order chi connectivity index (χ0) is 12.4. The summed E-state index contributed by atoms with van der Waals surface area (Å²) in [7, 11) is 3.89. The van der Waals surface area contributed by atoms with Crippen LogP contribution in [0.5, 0.6) is 0 Å². The summed E-state index contributed by atoms with van der Waals surface area (Å²) in [5.74, 6) is 0.190. The van der Waals surface area contributed by atoms with Crippen LogP contribution in [0, 0.1) is 0 Å². The number of carbonyl (C=O) groups is 1. The van der Waals surface area contributed by atoms with Crippen molar-refractivity contribution >= 4 is 17.7 Å². The maximum absolute atomic E-state index is 12.2. The molecule has 0 aromatic heterocycles. The molecule has 1 aliphatic heterocycles. The van der Waals surface area contributed by atoms with Crippen molar-refractivity contribution in [2.45, 2.75) is 10.9 Å². The minimum Gasteiger partial charge on any atom is -0.343 e. The Kier molecular flexibility index (Phi) is 3.74. The van der Waals surface area contributed by atoms with Gasteiger partial charge < -0.3 is 4.90 Å². The van der Waals surface area contributed by atoms with Crippen LogP contribution in [0.25, 0.3) is 0 Å². The van der Waals surface area contributed by atoms with Gasteiger partial charge >= 0.3 is 0 Å². The van der Waals surface area contributed by atoms with Crippen molar-refractivity contribution in [2.75, 3.05) is 33.4 Å². The lowest BCUT2D eigenvalue weighted by Crippen LogP contribution is -2.48. The summed E-state index contributed by atoms with van der Waals surface area (Å²) < 4.78 is 0. The first-order valence-electron chi connectivity index (χ1n) is 5.72. The molecular formula is C13H18N2OS. The van der Waals surface area contributed by atoms with E-state index in [1.165, 1.54) is 4.90 Å². The lowest BCUT2D eigenvalue weighted by atomic mass is 10.0. The topological polar surface area (TPSA) is 23.6 Å². The maximum atomic E-state index is 12.2. The Morgan fingerprint density at radius 2 is 1.82 bits per heavy atom. The molecule has 17 heavy (non-hydrogen) atoms. The molecule has 0 bridgehead atoms. The van der Waals surface area contributed by atoms with Gasteiger partial charge in [0.2, 0.25) is 5.91 Å². The van der Waals surface area contributed by atoms with Crippen LogP contribution >= 0.6 is 11.8 Å². The number of piperazine rings is 1. The van der Waals surface area contributed by atoms with Crippen LogP contribution in [0.1, 0.15) is 11.6 Å². The number of thioether (sulfide) groups is 1. The van der Waals surface area contributed by atoms with E-state index in [1.54, 1.807) is 11.8 Å². The van der Waals surface area contributed by atoms with E-state index in [1.807, 2.05) is 19.0 Å². The molecule has 0 aliphatic carbocycles. The lowest BCUT2D eigenvalue weighted by Gasteiger charge is -2.37. The zero-order valence-corrected chi connectivity index (χ0v) is 11.3. The Bertz CT molecular complexity index is 404. The van der Waals surface area contributed by atoms with Gasteiger partial charge in [0, 0.05) is 25.0 Å². The molecule has 0 radical (unpaired) electrons. The maximum Gasteiger partial charge on any atom is 0.244 e. The Labute approximate surface area is 107 Å². The number of benzene rings is 1. The van der Waals surface area contributed by atoms with Crippen molar-refractivity contribution < 1.29 is 4.79 Å². The van der Waals surface area contributed by atoms with E-state index in [0.29, 0.717) is 0 Å². The standard InChI is InChI=1S/C13H18N2OS/c1-14-8-9-15(2)13(16)12(14)10-4-6-11(17-3)7-5-10/h4-7,12H,8-9H2,1-3H3. The van der Waals surface area contributed by atoms with Crippen molar-refractivity contribution in [1.29, 1.82) is 0 Å². The molecular weight excluding hydrogens is 232 g/mol. The zero-order valence-electron chi connectivity index (χ0n) is 10.5. The molecule has 0 saturated carbocycles. The molecule has 0 N–H and O–H groups in total. The number of likely N-dealkylation sites (N-methyl/N-ethyl adjacent to an activating group) is 2. The van der Waals surface area contributed by atoms with Crippen molar-refractivity contribution in [3.8, 4) is 0 Å². The molecule has 1 saturated heterocycles. The van der Waals surface area contributed by atoms with E-state index >= 15 is 0 Å². The summed E-state index contributed by atoms with van der Waals surface area (Å²) in [5, 5.41) is 0. The predicted octanol–water partition coefficient (Wildman–Crippen LogP) is 1.85. The predicted molar refractivity (Wildman–Crippen MR) is 71.2 cm³/mol. The number of amides is 1. The van der Waals surface area contributed by atoms with Crippen LogP contribution in [0.15, 0.2) is 29.2 Å². The van der Waals surface area contributed by atoms with Gasteiger partial charge in [0.25, 0.3) is 0 Å². The van der Waals surface area contributed by atoms with E-state index < -0.39 is 0 Å². The van der Waals surface area contributed by atoms with Gasteiger partial charge in [0.15, 0.2) is 0 Å². The summed E-state index contributed by atoms with van der Waals surface area (Å²) in [6, 6.07) is 8.16. The molecule has 1 atom stereocenters. The van der Waals surface area contributed by atoms with Crippen molar-refractivity contribution in [1.82, 2.24) is 9.80 Å². The molecule has 1 amide bonds. The number of hydrogen-bond acceptors (Lipinski definition) is 3. The number of rotatable bonds is 2. The van der Waals surface area contributed by atoms with E-state index in [2.05, 4.69) is 35.4 Å². The molecule has 4 heteroatoms. The highest BCUT2D eigenvalue weighted by atomic mass is 32.2. The molecule has 3 nitrogen and oxygen atoms in total. The van der Waals surface area contributed by atoms with E-state index in [0.717, 1.165) is 18.7 Å². The Hall–Kier alpha value is -1.00. The van der Waals surface area contributed by atoms with Crippen LogP contribution in [-0.4, -0.2) is 49.1 Å². The van der Waals surface area contributed by atoms with Crippen molar-refractivity contribution in [3.63, 3.8) is 0 Å². The fourth-order valence-electron chi connectivity index (χ4n) is 2.13. The number of hydrogen-bond donors (Lipinski definition) is 0. The monoisotopic (exact) mass is 250 g/mol. The van der Waals surface area contributed by atoms with E-state index in [-0.39, 0.29) is 11.9 Å². The highest BCUT2D eigenvalue weighted by molar-refractivity contribution is 7.98. The lowest BCUT2D eigenvalue weighted by molar-refractivity contribution is -0.139. The van der Waals surface area contributed by atoms with Crippen LogP contribution in [0.4, 0.5) is 0 Å². The first-order valence-corrected chi connectivity index (χ1v) is 6.95. The summed E-state index contributed by atoms with van der Waals surface area (Å²) in [6.07, 6.45) is 2.06. The Morgan fingerprint density at radius 3 is 2.41 bits per heavy atom. The third kappa shape index (κ3) is 2.48. The fraction of sp³-hybridized carbons (Fsp3) is 0.462. The minimum absolute atomic E-state index is 0.121. The minimum atomic E-state index is -0.121. The first-order chi connectivity index (χ1) is 8.13. The van der Waals surface area contributed by atoms with Gasteiger partial charge in [-0.05, 0) is 31.0 Å². The van der Waals surface area contributed by atoms with Gasteiger partial charge in [0.05, 0.1) is 0 Å². The van der Waals surface area contributed by atoms with Gasteiger partial charge in [-0.2, -0.15) is 0 Å². The van der Waals surface area contributed by atoms with Gasteiger partial charge in [0.1, 0.15) is 6.04 Å². The Balaban J connectivity index is 2.26. The second-order valence-electron chi connectivity index (χ2n) is 4.42. The fourth-order valence-corrected chi connectivity index (χ4v) is 2.54. The van der Waals surface area contributed by atoms with Crippen LogP contribution in [-0.2, 0) is 4.79 Å². The Morgan fingerprint density at radius 1 is 1.18 bits per heavy atom. The summed E-state index contributed by atoms with van der Waals surface area (Å²) >= 11 is 1.72. The third-order valence-electron chi connectivity index (χ3n) is 3.27. The smallest absolute Gasteiger partial charge is 0.244 e. The molecule has 1 aliphatic rings. The van der Waals surface area contributed by atoms with Crippen molar-refractivity contribution in [2.24, 2.45) is 0 Å². The molecule has 0 spiro atoms. The largest absolute Gasteiger partial charge is 0.343 e. The van der Waals surface area contributed by atoms with Crippen LogP contribution in [0.3, 0.4) is 0 Å². The average Bonchev–Trinajstić information content (AvgIpc) is 2.35. The quantitative estimate of drug-likeness (QED) is 0.749. The molecule has 1 aromatic rings. The molecule has 1 unspecified atom stereocenters. The SMILES string of the molecule is CSc1ccc(C2C(=O)N(C)CCN2C)cc1. The van der Waals surface area contributed by atoms with Crippen LogP contribution in [0.2, 0.25) is 0 Å². The van der Waals surface area contributed by atoms with Gasteiger partial charge in [-0.25, -0.2) is 0 Å². The highest BCUT2D eigenvalue weighted by Gasteiger charge is 2.31. The van der Waals surface area contributed by atoms with Gasteiger partial charge in [-0.1, -0.05) is 12.1 Å². The molecule has 1 aromatic carbocycles. The highest BCUT2D eigenvalue weighted by Crippen LogP contribution is 2.26. The summed E-state index contributed by atoms with van der Waals surface area (Å²) in [4.78, 5) is 17.3. The second kappa shape index (κ2) is 5.10. The van der Waals surface area contributed by atoms with E-state index in [4.69, 9.17) is 0 Å². The van der Waals surface area contributed by atoms with Gasteiger partial charge in [-0.3, -0.25) is 9.69 Å². The molecule has 1 fully saturated rings. The molecule has 1 heterocycles. The number of carbonyl (C=O) groups excluding carboxylic acids is 1. The average molecular weight is 250 g/mol. The van der Waals surface area contributed by atoms with E-state index in [9.17, 15) is 4.79 Å². The van der Waals surface area contributed by atoms with Crippen molar-refractivity contribution in [3.05, 3.63) is 29.8 Å². The normalized spacial score (nSPS) is 21.9. The second-order valence-corrected chi connectivity index (χ2v) is 5.30. The molecule has 2 rings (SSSR count). The third-order valence-corrected chi connectivity index (χ3v) is 4.01. The molecule has 92 valence electrons. The van der Waals surface area contributed by atoms with Gasteiger partial charge in [-0.15, -0.1) is 11.8 Å². The summed E-state index contributed by atoms with van der Waals surface area (Å²) in [6.45, 7) is 1.74. The number of nitrogens with zero attached hydrogens (tertiary/aromatic N) is 2. The summed E-state index contributed by atoms with van der Waals surface area (Å²) in [5.41, 5.74) is 1.09. The van der Waals surface area contributed by atoms with Crippen LogP contribution < -0.4 is 0 Å².